The summed E-state index contributed by atoms with van der Waals surface area (Å²) in [6, 6.07) is 8.13. The van der Waals surface area contributed by atoms with Gasteiger partial charge in [-0.15, -0.1) is 0 Å². The molecule has 1 N–H and O–H groups in total. The minimum atomic E-state index is 0.385. The highest BCUT2D eigenvalue weighted by molar-refractivity contribution is 9.10. The van der Waals surface area contributed by atoms with E-state index in [-0.39, 0.29) is 0 Å². The van der Waals surface area contributed by atoms with Crippen LogP contribution in [-0.2, 0) is 4.79 Å². The Morgan fingerprint density at radius 2 is 1.95 bits per heavy atom. The van der Waals surface area contributed by atoms with Crippen molar-refractivity contribution < 1.29 is 4.79 Å². The Morgan fingerprint density at radius 3 is 2.65 bits per heavy atom. The molecule has 1 aromatic carbocycles. The van der Waals surface area contributed by atoms with Gasteiger partial charge < -0.3 is 4.98 Å². The van der Waals surface area contributed by atoms with Gasteiger partial charge in [-0.3, -0.25) is 4.79 Å². The van der Waals surface area contributed by atoms with Crippen LogP contribution in [0.2, 0.25) is 0 Å². The van der Waals surface area contributed by atoms with Crippen LogP contribution >= 0.6 is 15.9 Å². The molecule has 0 saturated heterocycles. The number of Topliss-reactive ketones (excluding diaryl/α,β-unsaturated/α-hetero) is 1. The summed E-state index contributed by atoms with van der Waals surface area (Å²) in [6.45, 7) is 2.05. The van der Waals surface area contributed by atoms with Crippen molar-refractivity contribution in [2.75, 3.05) is 0 Å². The summed E-state index contributed by atoms with van der Waals surface area (Å²) in [6.07, 6.45) is 3.21. The smallest absolute Gasteiger partial charge is 0.132 e. The zero-order chi connectivity index (χ0) is 14.1. The molecular weight excluding hydrogens is 316 g/mol. The normalized spacial score (nSPS) is 16.6. The number of hydrogen-bond acceptors (Lipinski definition) is 2. The number of imidazole rings is 1. The van der Waals surface area contributed by atoms with Crippen LogP contribution in [0.15, 0.2) is 28.7 Å². The largest absolute Gasteiger partial charge is 0.345 e. The van der Waals surface area contributed by atoms with Gasteiger partial charge in [0.25, 0.3) is 0 Å². The van der Waals surface area contributed by atoms with Gasteiger partial charge in [-0.1, -0.05) is 34.1 Å². The predicted molar refractivity (Wildman–Crippen MR) is 82.7 cm³/mol. The average molecular weight is 333 g/mol. The number of aryl methyl sites for hydroxylation is 1. The minimum absolute atomic E-state index is 0.385. The van der Waals surface area contributed by atoms with Gasteiger partial charge in [-0.25, -0.2) is 4.98 Å². The molecule has 1 heterocycles. The molecule has 1 saturated carbocycles. The van der Waals surface area contributed by atoms with E-state index < -0.39 is 0 Å². The summed E-state index contributed by atoms with van der Waals surface area (Å²) < 4.78 is 1.06. The van der Waals surface area contributed by atoms with E-state index >= 15 is 0 Å². The summed E-state index contributed by atoms with van der Waals surface area (Å²) in [4.78, 5) is 19.5. The average Bonchev–Trinajstić information content (AvgIpc) is 2.82. The fraction of sp³-hybridized carbons (Fsp3) is 0.375. The number of rotatable bonds is 2. The lowest BCUT2D eigenvalue weighted by Crippen LogP contribution is -2.13. The highest BCUT2D eigenvalue weighted by Gasteiger charge is 2.24. The number of benzene rings is 1. The Morgan fingerprint density at radius 1 is 1.25 bits per heavy atom. The number of H-pyrrole nitrogens is 1. The number of halogens is 1. The Hall–Kier alpha value is -1.42. The van der Waals surface area contributed by atoms with E-state index in [1.807, 2.05) is 18.2 Å². The standard InChI is InChI=1S/C16H17BrN2O/c1-10-15(13-4-2-3-5-14(13)17)19-16(18-10)11-6-8-12(20)9-7-11/h2-5,11H,6-9H2,1H3,(H,18,19). The van der Waals surface area contributed by atoms with Crippen molar-refractivity contribution in [3.05, 3.63) is 40.3 Å². The van der Waals surface area contributed by atoms with Crippen LogP contribution in [0.3, 0.4) is 0 Å². The summed E-state index contributed by atoms with van der Waals surface area (Å²) in [7, 11) is 0. The molecule has 20 heavy (non-hydrogen) atoms. The first-order chi connectivity index (χ1) is 9.65. The number of aromatic nitrogens is 2. The number of nitrogens with one attached hydrogen (secondary N) is 1. The van der Waals surface area contributed by atoms with E-state index in [4.69, 9.17) is 4.98 Å². The van der Waals surface area contributed by atoms with Gasteiger partial charge in [0.15, 0.2) is 0 Å². The molecule has 0 amide bonds. The van der Waals surface area contributed by atoms with Crippen molar-refractivity contribution in [2.24, 2.45) is 0 Å². The number of hydrogen-bond donors (Lipinski definition) is 1. The maximum atomic E-state index is 11.3. The molecule has 0 radical (unpaired) electrons. The van der Waals surface area contributed by atoms with E-state index in [9.17, 15) is 4.79 Å². The monoisotopic (exact) mass is 332 g/mol. The number of carbonyl (C=O) groups is 1. The van der Waals surface area contributed by atoms with E-state index in [1.165, 1.54) is 0 Å². The zero-order valence-electron chi connectivity index (χ0n) is 11.4. The van der Waals surface area contributed by atoms with Gasteiger partial charge in [0.1, 0.15) is 11.6 Å². The summed E-state index contributed by atoms with van der Waals surface area (Å²) in [5.41, 5.74) is 3.20. The zero-order valence-corrected chi connectivity index (χ0v) is 13.0. The lowest BCUT2D eigenvalue weighted by Gasteiger charge is -2.18. The van der Waals surface area contributed by atoms with Gasteiger partial charge >= 0.3 is 0 Å². The molecule has 1 aromatic heterocycles. The van der Waals surface area contributed by atoms with Crippen LogP contribution in [0.5, 0.6) is 0 Å². The first-order valence-corrected chi connectivity index (χ1v) is 7.77. The van der Waals surface area contributed by atoms with Crippen LogP contribution < -0.4 is 0 Å². The number of aromatic amines is 1. The molecule has 0 atom stereocenters. The Labute approximate surface area is 126 Å². The van der Waals surface area contributed by atoms with Gasteiger partial charge in [0, 0.05) is 34.5 Å². The molecule has 3 rings (SSSR count). The van der Waals surface area contributed by atoms with Crippen molar-refractivity contribution >= 4 is 21.7 Å². The van der Waals surface area contributed by atoms with E-state index in [1.54, 1.807) is 0 Å². The second-order valence-electron chi connectivity index (χ2n) is 5.39. The summed E-state index contributed by atoms with van der Waals surface area (Å²) >= 11 is 3.58. The molecule has 1 fully saturated rings. The van der Waals surface area contributed by atoms with Gasteiger partial charge in [0.2, 0.25) is 0 Å². The van der Waals surface area contributed by atoms with Crippen LogP contribution in [0, 0.1) is 6.92 Å². The van der Waals surface area contributed by atoms with Gasteiger partial charge in [-0.05, 0) is 25.8 Å². The number of ketones is 1. The molecule has 0 aliphatic heterocycles. The Bertz CT molecular complexity index is 638. The second kappa shape index (κ2) is 5.52. The first-order valence-electron chi connectivity index (χ1n) is 6.98. The third-order valence-electron chi connectivity index (χ3n) is 3.96. The van der Waals surface area contributed by atoms with Crippen LogP contribution in [-0.4, -0.2) is 15.8 Å². The molecule has 2 aromatic rings. The second-order valence-corrected chi connectivity index (χ2v) is 6.24. The highest BCUT2D eigenvalue weighted by atomic mass is 79.9. The third-order valence-corrected chi connectivity index (χ3v) is 4.65. The highest BCUT2D eigenvalue weighted by Crippen LogP contribution is 2.34. The van der Waals surface area contributed by atoms with Crippen molar-refractivity contribution in [1.29, 1.82) is 0 Å². The SMILES string of the molecule is Cc1[nH]c(C2CCC(=O)CC2)nc1-c1ccccc1Br. The molecule has 4 heteroatoms. The molecule has 0 unspecified atom stereocenters. The molecule has 0 bridgehead atoms. The third kappa shape index (κ3) is 2.57. The van der Waals surface area contributed by atoms with Crippen LogP contribution in [0.25, 0.3) is 11.3 Å². The molecule has 1 aliphatic rings. The number of nitrogens with zero attached hydrogens (tertiary/aromatic N) is 1. The van der Waals surface area contributed by atoms with Crippen molar-refractivity contribution in [1.82, 2.24) is 9.97 Å². The number of carbonyl (C=O) groups excluding carboxylic acids is 1. The van der Waals surface area contributed by atoms with E-state index in [0.717, 1.165) is 40.1 Å². The van der Waals surface area contributed by atoms with E-state index in [0.29, 0.717) is 24.5 Å². The fourth-order valence-corrected chi connectivity index (χ4v) is 3.28. The maximum Gasteiger partial charge on any atom is 0.132 e. The fourth-order valence-electron chi connectivity index (χ4n) is 2.81. The molecule has 1 aliphatic carbocycles. The molecular formula is C16H17BrN2O. The van der Waals surface area contributed by atoms with Crippen molar-refractivity contribution in [3.63, 3.8) is 0 Å². The summed E-state index contributed by atoms with van der Waals surface area (Å²) in [5, 5.41) is 0. The maximum absolute atomic E-state index is 11.3. The lowest BCUT2D eigenvalue weighted by atomic mass is 9.88. The predicted octanol–water partition coefficient (Wildman–Crippen LogP) is 4.37. The topological polar surface area (TPSA) is 45.8 Å². The molecule has 0 spiro atoms. The van der Waals surface area contributed by atoms with Crippen LogP contribution in [0.4, 0.5) is 0 Å². The van der Waals surface area contributed by atoms with Crippen LogP contribution in [0.1, 0.15) is 43.1 Å². The van der Waals surface area contributed by atoms with E-state index in [2.05, 4.69) is 33.9 Å². The lowest BCUT2D eigenvalue weighted by molar-refractivity contribution is -0.120. The van der Waals surface area contributed by atoms with Gasteiger partial charge in [0.05, 0.1) is 5.69 Å². The van der Waals surface area contributed by atoms with Crippen molar-refractivity contribution in [3.8, 4) is 11.3 Å². The molecule has 3 nitrogen and oxygen atoms in total. The molecule has 104 valence electrons. The minimum Gasteiger partial charge on any atom is -0.345 e. The summed E-state index contributed by atoms with van der Waals surface area (Å²) in [5.74, 6) is 1.80. The Kier molecular flexibility index (Phi) is 3.74. The Balaban J connectivity index is 1.92. The van der Waals surface area contributed by atoms with Crippen molar-refractivity contribution in [2.45, 2.75) is 38.5 Å². The van der Waals surface area contributed by atoms with Gasteiger partial charge in [-0.2, -0.15) is 0 Å². The first kappa shape index (κ1) is 13.6. The quantitative estimate of drug-likeness (QED) is 0.887.